The first kappa shape index (κ1) is 8.93. The first-order valence-electron chi connectivity index (χ1n) is 3.94. The van der Waals surface area contributed by atoms with E-state index in [0.717, 1.165) is 6.42 Å². The predicted molar refractivity (Wildman–Crippen MR) is 40.1 cm³/mol. The van der Waals surface area contributed by atoms with Gasteiger partial charge in [0.15, 0.2) is 0 Å². The van der Waals surface area contributed by atoms with Crippen molar-refractivity contribution in [2.24, 2.45) is 0 Å². The van der Waals surface area contributed by atoms with Crippen molar-refractivity contribution in [1.82, 2.24) is 5.32 Å². The van der Waals surface area contributed by atoms with Crippen LogP contribution in [0.4, 0.5) is 0 Å². The van der Waals surface area contributed by atoms with Gasteiger partial charge in [-0.25, -0.2) is 0 Å². The Morgan fingerprint density at radius 1 is 1.27 bits per heavy atom. The van der Waals surface area contributed by atoms with Crippen LogP contribution in [0.15, 0.2) is 0 Å². The molecule has 0 amide bonds. The van der Waals surface area contributed by atoms with Gasteiger partial charge in [0.25, 0.3) is 0 Å². The summed E-state index contributed by atoms with van der Waals surface area (Å²) in [6, 6.07) is -0.0894. The van der Waals surface area contributed by atoms with Crippen molar-refractivity contribution in [3.8, 4) is 0 Å². The third-order valence-corrected chi connectivity index (χ3v) is 2.19. The summed E-state index contributed by atoms with van der Waals surface area (Å²) in [5.41, 5.74) is 0. The van der Waals surface area contributed by atoms with Crippen LogP contribution in [0.3, 0.4) is 0 Å². The molecule has 1 aliphatic heterocycles. The Morgan fingerprint density at radius 2 is 1.91 bits per heavy atom. The summed E-state index contributed by atoms with van der Waals surface area (Å²) in [6.45, 7) is 2.28. The Morgan fingerprint density at radius 3 is 2.45 bits per heavy atom. The quantitative estimate of drug-likeness (QED) is 0.376. The fourth-order valence-corrected chi connectivity index (χ4v) is 1.37. The first-order valence-corrected chi connectivity index (χ1v) is 3.94. The molecule has 1 saturated heterocycles. The van der Waals surface area contributed by atoms with Crippen molar-refractivity contribution in [2.75, 3.05) is 6.54 Å². The van der Waals surface area contributed by atoms with E-state index in [9.17, 15) is 10.2 Å². The monoisotopic (exact) mass is 161 g/mol. The second-order valence-corrected chi connectivity index (χ2v) is 2.97. The normalized spacial score (nSPS) is 45.8. The highest BCUT2D eigenvalue weighted by Crippen LogP contribution is 2.12. The average molecular weight is 161 g/mol. The van der Waals surface area contributed by atoms with E-state index in [-0.39, 0.29) is 6.04 Å². The van der Waals surface area contributed by atoms with E-state index < -0.39 is 18.3 Å². The van der Waals surface area contributed by atoms with Gasteiger partial charge in [0, 0.05) is 12.6 Å². The van der Waals surface area contributed by atoms with Gasteiger partial charge >= 0.3 is 0 Å². The second-order valence-electron chi connectivity index (χ2n) is 2.97. The molecule has 1 rings (SSSR count). The van der Waals surface area contributed by atoms with Crippen molar-refractivity contribution in [3.05, 3.63) is 0 Å². The lowest BCUT2D eigenvalue weighted by atomic mass is 9.95. The van der Waals surface area contributed by atoms with Gasteiger partial charge in [-0.1, -0.05) is 6.92 Å². The van der Waals surface area contributed by atoms with Crippen molar-refractivity contribution in [2.45, 2.75) is 37.7 Å². The van der Waals surface area contributed by atoms with E-state index in [2.05, 4.69) is 5.32 Å². The lowest BCUT2D eigenvalue weighted by Gasteiger charge is -2.35. The molecule has 0 saturated carbocycles. The van der Waals surface area contributed by atoms with E-state index in [1.165, 1.54) is 0 Å². The molecule has 0 bridgehead atoms. The van der Waals surface area contributed by atoms with Crippen molar-refractivity contribution < 1.29 is 15.3 Å². The molecular weight excluding hydrogens is 146 g/mol. The van der Waals surface area contributed by atoms with Crippen LogP contribution in [0, 0.1) is 0 Å². The number of aliphatic hydroxyl groups is 3. The Hall–Kier alpha value is -0.160. The molecule has 4 N–H and O–H groups in total. The summed E-state index contributed by atoms with van der Waals surface area (Å²) >= 11 is 0. The van der Waals surface area contributed by atoms with Gasteiger partial charge in [-0.05, 0) is 6.42 Å². The molecule has 0 aromatic rings. The Kier molecular flexibility index (Phi) is 2.84. The third-order valence-electron chi connectivity index (χ3n) is 2.19. The minimum absolute atomic E-state index is 0.0894. The highest BCUT2D eigenvalue weighted by atomic mass is 16.4. The van der Waals surface area contributed by atoms with Gasteiger partial charge in [0.2, 0.25) is 0 Å². The van der Waals surface area contributed by atoms with Crippen LogP contribution in [-0.4, -0.2) is 46.2 Å². The zero-order valence-electron chi connectivity index (χ0n) is 6.57. The number of rotatable bonds is 1. The van der Waals surface area contributed by atoms with E-state index >= 15 is 0 Å². The van der Waals surface area contributed by atoms with E-state index in [1.807, 2.05) is 6.92 Å². The molecule has 1 aliphatic rings. The number of aliphatic hydroxyl groups excluding tert-OH is 3. The molecule has 4 heteroatoms. The lowest BCUT2D eigenvalue weighted by Crippen LogP contribution is -2.59. The molecule has 0 spiro atoms. The summed E-state index contributed by atoms with van der Waals surface area (Å²) in [4.78, 5) is 0. The molecule has 2 unspecified atom stereocenters. The third kappa shape index (κ3) is 1.70. The molecule has 66 valence electrons. The molecular formula is C7H15NO3. The molecule has 1 fully saturated rings. The Bertz CT molecular complexity index is 129. The van der Waals surface area contributed by atoms with Crippen molar-refractivity contribution in [1.29, 1.82) is 0 Å². The van der Waals surface area contributed by atoms with E-state index in [1.54, 1.807) is 0 Å². The van der Waals surface area contributed by atoms with Crippen molar-refractivity contribution >= 4 is 0 Å². The number of β-amino-alcohol motifs (C(OH)–C–C–N with tert-alkyl or cyclic N) is 1. The van der Waals surface area contributed by atoms with Gasteiger partial charge in [-0.2, -0.15) is 0 Å². The smallest absolute Gasteiger partial charge is 0.108 e. The van der Waals surface area contributed by atoms with Gasteiger partial charge in [-0.15, -0.1) is 0 Å². The molecule has 1 heterocycles. The maximum absolute atomic E-state index is 9.34. The van der Waals surface area contributed by atoms with Crippen LogP contribution in [0.1, 0.15) is 13.3 Å². The van der Waals surface area contributed by atoms with Gasteiger partial charge in [-0.3, -0.25) is 0 Å². The molecule has 11 heavy (non-hydrogen) atoms. The highest BCUT2D eigenvalue weighted by Gasteiger charge is 2.34. The summed E-state index contributed by atoms with van der Waals surface area (Å²) in [5.74, 6) is 0. The zero-order valence-corrected chi connectivity index (χ0v) is 6.57. The fourth-order valence-electron chi connectivity index (χ4n) is 1.37. The summed E-state index contributed by atoms with van der Waals surface area (Å²) < 4.78 is 0. The molecule has 0 aromatic carbocycles. The standard InChI is InChI=1S/C7H15NO3/c1-2-4-6(10)7(11)5(9)3-8-4/h4-11H,2-3H2,1H3/t4-,5-,6?,7?/m1/s1. The van der Waals surface area contributed by atoms with Crippen LogP contribution < -0.4 is 5.32 Å². The number of hydrogen-bond acceptors (Lipinski definition) is 4. The minimum atomic E-state index is -0.999. The maximum Gasteiger partial charge on any atom is 0.108 e. The molecule has 0 radical (unpaired) electrons. The summed E-state index contributed by atoms with van der Waals surface area (Å²) in [7, 11) is 0. The van der Waals surface area contributed by atoms with Crippen LogP contribution in [0.25, 0.3) is 0 Å². The summed E-state index contributed by atoms with van der Waals surface area (Å²) in [5, 5.41) is 30.6. The number of piperidine rings is 1. The SMILES string of the molecule is CC[C@H]1NC[C@@H](O)C(O)C1O. The van der Waals surface area contributed by atoms with Crippen LogP contribution >= 0.6 is 0 Å². The maximum atomic E-state index is 9.34. The largest absolute Gasteiger partial charge is 0.389 e. The van der Waals surface area contributed by atoms with Crippen LogP contribution in [-0.2, 0) is 0 Å². The molecule has 4 nitrogen and oxygen atoms in total. The number of hydrogen-bond donors (Lipinski definition) is 4. The average Bonchev–Trinajstić information content (AvgIpc) is 2.01. The fraction of sp³-hybridized carbons (Fsp3) is 1.00. The number of nitrogens with one attached hydrogen (secondary N) is 1. The summed E-state index contributed by atoms with van der Waals surface area (Å²) in [6.07, 6.45) is -1.93. The lowest BCUT2D eigenvalue weighted by molar-refractivity contribution is -0.0943. The molecule has 0 aliphatic carbocycles. The van der Waals surface area contributed by atoms with Crippen LogP contribution in [0.2, 0.25) is 0 Å². The predicted octanol–water partition coefficient (Wildman–Crippen LogP) is -1.55. The van der Waals surface area contributed by atoms with E-state index in [0.29, 0.717) is 6.54 Å². The zero-order chi connectivity index (χ0) is 8.43. The van der Waals surface area contributed by atoms with Gasteiger partial charge in [0.1, 0.15) is 6.10 Å². The molecule has 4 atom stereocenters. The second kappa shape index (κ2) is 3.49. The van der Waals surface area contributed by atoms with Gasteiger partial charge in [0.05, 0.1) is 12.2 Å². The molecule has 0 aromatic heterocycles. The topological polar surface area (TPSA) is 72.7 Å². The Balaban J connectivity index is 2.52. The first-order chi connectivity index (χ1) is 5.16. The van der Waals surface area contributed by atoms with Crippen molar-refractivity contribution in [3.63, 3.8) is 0 Å². The van der Waals surface area contributed by atoms with Crippen LogP contribution in [0.5, 0.6) is 0 Å². The van der Waals surface area contributed by atoms with Gasteiger partial charge < -0.3 is 20.6 Å². The Labute approximate surface area is 65.9 Å². The minimum Gasteiger partial charge on any atom is -0.389 e. The highest BCUT2D eigenvalue weighted by molar-refractivity contribution is 4.91. The van der Waals surface area contributed by atoms with E-state index in [4.69, 9.17) is 5.11 Å².